The number of rotatable bonds is 9. The van der Waals surface area contributed by atoms with Crippen molar-refractivity contribution < 1.29 is 4.74 Å². The van der Waals surface area contributed by atoms with Crippen molar-refractivity contribution in [3.63, 3.8) is 0 Å². The van der Waals surface area contributed by atoms with Crippen LogP contribution >= 0.6 is 0 Å². The lowest BCUT2D eigenvalue weighted by Gasteiger charge is -2.21. The van der Waals surface area contributed by atoms with Gasteiger partial charge in [0.05, 0.1) is 7.11 Å². The van der Waals surface area contributed by atoms with E-state index in [1.54, 1.807) is 13.3 Å². The summed E-state index contributed by atoms with van der Waals surface area (Å²) in [6, 6.07) is 18.1. The molecule has 2 N–H and O–H groups in total. The first-order valence-electron chi connectivity index (χ1n) is 9.53. The highest BCUT2D eigenvalue weighted by Gasteiger charge is 2.04. The highest BCUT2D eigenvalue weighted by Crippen LogP contribution is 2.20. The second kappa shape index (κ2) is 9.60. The largest absolute Gasteiger partial charge is 0.497 e. The van der Waals surface area contributed by atoms with Crippen molar-refractivity contribution in [3.05, 3.63) is 66.4 Å². The minimum atomic E-state index is 0.565. The van der Waals surface area contributed by atoms with Crippen molar-refractivity contribution in [2.24, 2.45) is 0 Å². The van der Waals surface area contributed by atoms with Crippen LogP contribution in [0.3, 0.4) is 0 Å². The summed E-state index contributed by atoms with van der Waals surface area (Å²) in [5, 5.41) is 6.59. The summed E-state index contributed by atoms with van der Waals surface area (Å²) >= 11 is 0. The molecular formula is C22H27N5O. The van der Waals surface area contributed by atoms with E-state index >= 15 is 0 Å². The normalized spacial score (nSPS) is 10.4. The second-order valence-corrected chi connectivity index (χ2v) is 6.31. The van der Waals surface area contributed by atoms with Crippen LogP contribution in [0.15, 0.2) is 60.8 Å². The molecule has 2 aromatic carbocycles. The first-order valence-corrected chi connectivity index (χ1v) is 9.53. The van der Waals surface area contributed by atoms with Crippen molar-refractivity contribution in [2.75, 3.05) is 35.7 Å². The van der Waals surface area contributed by atoms with E-state index in [4.69, 9.17) is 4.74 Å². The Morgan fingerprint density at radius 2 is 1.64 bits per heavy atom. The molecular weight excluding hydrogens is 350 g/mol. The summed E-state index contributed by atoms with van der Waals surface area (Å²) < 4.78 is 5.19. The van der Waals surface area contributed by atoms with Crippen LogP contribution in [0, 0.1) is 0 Å². The fraction of sp³-hybridized carbons (Fsp3) is 0.273. The maximum Gasteiger partial charge on any atom is 0.229 e. The first-order chi connectivity index (χ1) is 13.7. The van der Waals surface area contributed by atoms with Gasteiger partial charge in [0.15, 0.2) is 0 Å². The van der Waals surface area contributed by atoms with Gasteiger partial charge in [0.25, 0.3) is 0 Å². The Labute approximate surface area is 166 Å². The van der Waals surface area contributed by atoms with Crippen LogP contribution in [0.4, 0.5) is 23.1 Å². The van der Waals surface area contributed by atoms with E-state index in [0.29, 0.717) is 12.5 Å². The number of anilines is 4. The summed E-state index contributed by atoms with van der Waals surface area (Å²) in [5.74, 6) is 2.19. The van der Waals surface area contributed by atoms with Crippen molar-refractivity contribution >= 4 is 23.1 Å². The highest BCUT2D eigenvalue weighted by atomic mass is 16.5. The van der Waals surface area contributed by atoms with E-state index in [1.807, 2.05) is 30.3 Å². The van der Waals surface area contributed by atoms with E-state index in [0.717, 1.165) is 35.9 Å². The van der Waals surface area contributed by atoms with Gasteiger partial charge < -0.3 is 20.3 Å². The van der Waals surface area contributed by atoms with Gasteiger partial charge in [0.2, 0.25) is 5.95 Å². The molecule has 1 aromatic heterocycles. The first kappa shape index (κ1) is 19.5. The quantitative estimate of drug-likeness (QED) is 0.564. The van der Waals surface area contributed by atoms with Crippen molar-refractivity contribution in [1.29, 1.82) is 0 Å². The molecule has 0 radical (unpaired) electrons. The minimum absolute atomic E-state index is 0.565. The number of aromatic nitrogens is 2. The lowest BCUT2D eigenvalue weighted by Crippen LogP contribution is -2.21. The Morgan fingerprint density at radius 3 is 2.29 bits per heavy atom. The maximum absolute atomic E-state index is 5.19. The molecule has 0 bridgehead atoms. The zero-order chi connectivity index (χ0) is 19.8. The average molecular weight is 377 g/mol. The zero-order valence-corrected chi connectivity index (χ0v) is 16.6. The number of nitrogens with zero attached hydrogens (tertiary/aromatic N) is 3. The molecule has 0 aliphatic rings. The maximum atomic E-state index is 5.19. The summed E-state index contributed by atoms with van der Waals surface area (Å²) in [4.78, 5) is 11.2. The van der Waals surface area contributed by atoms with Gasteiger partial charge in [-0.3, -0.25) is 0 Å². The van der Waals surface area contributed by atoms with E-state index < -0.39 is 0 Å². The monoisotopic (exact) mass is 377 g/mol. The third kappa shape index (κ3) is 5.13. The standard InChI is InChI=1S/C22H27N5O/c1-4-27(5-2)19-10-8-18(9-11-19)25-22-23-15-14-21(26-22)24-16-17-6-12-20(28-3)13-7-17/h6-15H,4-5,16H2,1-3H3,(H2,23,24,25,26). The molecule has 0 aliphatic heterocycles. The minimum Gasteiger partial charge on any atom is -0.497 e. The SMILES string of the molecule is CCN(CC)c1ccc(Nc2nccc(NCc3ccc(OC)cc3)n2)cc1. The topological polar surface area (TPSA) is 62.3 Å². The highest BCUT2D eigenvalue weighted by molar-refractivity contribution is 5.60. The molecule has 3 rings (SSSR count). The van der Waals surface area contributed by atoms with Crippen LogP contribution in [-0.2, 0) is 6.54 Å². The molecule has 6 heteroatoms. The predicted molar refractivity (Wildman–Crippen MR) is 116 cm³/mol. The van der Waals surface area contributed by atoms with Gasteiger partial charge in [-0.15, -0.1) is 0 Å². The van der Waals surface area contributed by atoms with Gasteiger partial charge >= 0.3 is 0 Å². The third-order valence-electron chi connectivity index (χ3n) is 4.54. The number of methoxy groups -OCH3 is 1. The molecule has 0 saturated carbocycles. The fourth-order valence-corrected chi connectivity index (χ4v) is 2.93. The molecule has 3 aromatic rings. The van der Waals surface area contributed by atoms with E-state index in [1.165, 1.54) is 5.69 Å². The third-order valence-corrected chi connectivity index (χ3v) is 4.54. The molecule has 0 unspecified atom stereocenters. The summed E-state index contributed by atoms with van der Waals surface area (Å²) in [6.45, 7) is 6.99. The molecule has 146 valence electrons. The molecule has 28 heavy (non-hydrogen) atoms. The van der Waals surface area contributed by atoms with Crippen LogP contribution in [0.25, 0.3) is 0 Å². The van der Waals surface area contributed by atoms with E-state index in [2.05, 4.69) is 63.6 Å². The molecule has 0 fully saturated rings. The predicted octanol–water partition coefficient (Wildman–Crippen LogP) is 4.69. The van der Waals surface area contributed by atoms with E-state index in [9.17, 15) is 0 Å². The fourth-order valence-electron chi connectivity index (χ4n) is 2.93. The van der Waals surface area contributed by atoms with Gasteiger partial charge in [-0.2, -0.15) is 4.98 Å². The Morgan fingerprint density at radius 1 is 0.929 bits per heavy atom. The van der Waals surface area contributed by atoms with Gasteiger partial charge in [-0.05, 0) is 61.9 Å². The van der Waals surface area contributed by atoms with Gasteiger partial charge in [-0.1, -0.05) is 12.1 Å². The van der Waals surface area contributed by atoms with E-state index in [-0.39, 0.29) is 0 Å². The number of nitrogens with one attached hydrogen (secondary N) is 2. The van der Waals surface area contributed by atoms with Crippen LogP contribution in [0.5, 0.6) is 5.75 Å². The number of ether oxygens (including phenoxy) is 1. The summed E-state index contributed by atoms with van der Waals surface area (Å²) in [7, 11) is 1.67. The van der Waals surface area contributed by atoms with Crippen LogP contribution in [0.2, 0.25) is 0 Å². The number of benzene rings is 2. The van der Waals surface area contributed by atoms with Crippen molar-refractivity contribution in [1.82, 2.24) is 9.97 Å². The summed E-state index contributed by atoms with van der Waals surface area (Å²) in [6.07, 6.45) is 1.75. The molecule has 0 aliphatic carbocycles. The molecule has 1 heterocycles. The Balaban J connectivity index is 1.61. The Bertz CT molecular complexity index is 861. The smallest absolute Gasteiger partial charge is 0.229 e. The molecule has 0 saturated heterocycles. The van der Waals surface area contributed by atoms with Crippen molar-refractivity contribution in [2.45, 2.75) is 20.4 Å². The lowest BCUT2D eigenvalue weighted by molar-refractivity contribution is 0.414. The lowest BCUT2D eigenvalue weighted by atomic mass is 10.2. The number of hydrogen-bond acceptors (Lipinski definition) is 6. The number of hydrogen-bond donors (Lipinski definition) is 2. The van der Waals surface area contributed by atoms with Gasteiger partial charge in [0.1, 0.15) is 11.6 Å². The average Bonchev–Trinajstić information content (AvgIpc) is 2.75. The summed E-state index contributed by atoms with van der Waals surface area (Å²) in [5.41, 5.74) is 3.33. The second-order valence-electron chi connectivity index (χ2n) is 6.31. The molecule has 0 amide bonds. The van der Waals surface area contributed by atoms with Gasteiger partial charge in [-0.25, -0.2) is 4.98 Å². The van der Waals surface area contributed by atoms with Crippen molar-refractivity contribution in [3.8, 4) is 5.75 Å². The van der Waals surface area contributed by atoms with Crippen LogP contribution in [0.1, 0.15) is 19.4 Å². The van der Waals surface area contributed by atoms with Crippen LogP contribution < -0.4 is 20.3 Å². The molecule has 6 nitrogen and oxygen atoms in total. The van der Waals surface area contributed by atoms with Crippen LogP contribution in [-0.4, -0.2) is 30.2 Å². The Kier molecular flexibility index (Phi) is 6.68. The zero-order valence-electron chi connectivity index (χ0n) is 16.6. The molecule has 0 spiro atoms. The molecule has 0 atom stereocenters. The Hall–Kier alpha value is -3.28. The van der Waals surface area contributed by atoms with Gasteiger partial charge in [0, 0.05) is 37.2 Å².